The number of thiophene rings is 1. The van der Waals surface area contributed by atoms with E-state index in [0.717, 1.165) is 46.9 Å². The Bertz CT molecular complexity index is 1880. The van der Waals surface area contributed by atoms with Crippen LogP contribution in [-0.2, 0) is 26.3 Å². The Kier molecular flexibility index (Phi) is 9.39. The Morgan fingerprint density at radius 2 is 1.81 bits per heavy atom. The summed E-state index contributed by atoms with van der Waals surface area (Å²) in [5.41, 5.74) is -2.28. The van der Waals surface area contributed by atoms with Gasteiger partial charge in [-0.25, -0.2) is 14.2 Å². The maximum Gasteiger partial charge on any atom is 0.387 e. The molecule has 4 aromatic rings. The predicted octanol–water partition coefficient (Wildman–Crippen LogP) is 6.95. The molecular formula is C34H40F3N3O7S. The summed E-state index contributed by atoms with van der Waals surface area (Å²) in [7, 11) is 0. The van der Waals surface area contributed by atoms with Crippen LogP contribution in [0.15, 0.2) is 44.7 Å². The number of nitrogens with zero attached hydrogens (tertiary/aromatic N) is 3. The minimum Gasteiger partial charge on any atom is -0.444 e. The summed E-state index contributed by atoms with van der Waals surface area (Å²) in [5.74, 6) is -0.684. The summed E-state index contributed by atoms with van der Waals surface area (Å²) < 4.78 is 73.7. The second-order valence-corrected chi connectivity index (χ2v) is 15.1. The monoisotopic (exact) mass is 691 g/mol. The number of ether oxygens (including phenoxy) is 4. The van der Waals surface area contributed by atoms with E-state index in [1.54, 1.807) is 20.8 Å². The first kappa shape index (κ1) is 34.4. The van der Waals surface area contributed by atoms with Gasteiger partial charge in [0.25, 0.3) is 5.56 Å². The average molecular weight is 692 g/mol. The third kappa shape index (κ3) is 6.98. The molecule has 3 aromatic heterocycles. The molecule has 2 fully saturated rings. The number of rotatable bonds is 11. The molecule has 14 heteroatoms. The van der Waals surface area contributed by atoms with E-state index in [2.05, 4.69) is 4.98 Å². The Morgan fingerprint density at radius 1 is 1.10 bits per heavy atom. The van der Waals surface area contributed by atoms with Gasteiger partial charge in [0, 0.05) is 5.56 Å². The Labute approximate surface area is 279 Å². The summed E-state index contributed by atoms with van der Waals surface area (Å²) in [4.78, 5) is 34.1. The lowest BCUT2D eigenvalue weighted by Crippen LogP contribution is -2.52. The molecule has 2 aliphatic heterocycles. The van der Waals surface area contributed by atoms with Crippen LogP contribution in [-0.4, -0.2) is 51.2 Å². The molecule has 48 heavy (non-hydrogen) atoms. The molecule has 1 aromatic carbocycles. The fourth-order valence-electron chi connectivity index (χ4n) is 6.55. The van der Waals surface area contributed by atoms with E-state index in [0.29, 0.717) is 28.1 Å². The zero-order valence-corrected chi connectivity index (χ0v) is 28.6. The van der Waals surface area contributed by atoms with E-state index >= 15 is 0 Å². The Hall–Kier alpha value is -3.46. The van der Waals surface area contributed by atoms with Crippen molar-refractivity contribution in [2.24, 2.45) is 0 Å². The molecule has 2 bridgehead atoms. The molecule has 0 spiro atoms. The number of halogens is 3. The van der Waals surface area contributed by atoms with Gasteiger partial charge in [0.1, 0.15) is 28.8 Å². The van der Waals surface area contributed by atoms with Crippen molar-refractivity contribution in [1.29, 1.82) is 0 Å². The van der Waals surface area contributed by atoms with Gasteiger partial charge in [-0.3, -0.25) is 13.9 Å². The van der Waals surface area contributed by atoms with Crippen LogP contribution in [0.2, 0.25) is 0 Å². The Morgan fingerprint density at radius 3 is 2.44 bits per heavy atom. The third-order valence-corrected chi connectivity index (χ3v) is 10.1. The largest absolute Gasteiger partial charge is 0.444 e. The SMILES string of the molecule is Cc1c(-c2ncco2)sc2c1c(=O)n(C(C)(C)COC(C)(C)C)c(=O)n2C[C@H](O[C@@H]1C[C@H]2CC[C@@H](C1)O2)c1cc(F)ccc1OC(F)F. The highest BCUT2D eigenvalue weighted by molar-refractivity contribution is 7.22. The lowest BCUT2D eigenvalue weighted by atomic mass is 10.0. The van der Waals surface area contributed by atoms with Crippen LogP contribution in [0.4, 0.5) is 13.2 Å². The highest BCUT2D eigenvalue weighted by Gasteiger charge is 2.38. The lowest BCUT2D eigenvalue weighted by Gasteiger charge is -2.33. The van der Waals surface area contributed by atoms with Gasteiger partial charge in [-0.05, 0) is 91.0 Å². The fourth-order valence-corrected chi connectivity index (χ4v) is 7.79. The van der Waals surface area contributed by atoms with Crippen LogP contribution in [0.25, 0.3) is 21.0 Å². The van der Waals surface area contributed by atoms with Gasteiger partial charge in [-0.1, -0.05) is 0 Å². The minimum absolute atomic E-state index is 0.0121. The number of hydrogen-bond donors (Lipinski definition) is 0. The van der Waals surface area contributed by atoms with E-state index in [4.69, 9.17) is 23.4 Å². The first-order valence-corrected chi connectivity index (χ1v) is 16.8. The van der Waals surface area contributed by atoms with E-state index in [9.17, 15) is 22.8 Å². The quantitative estimate of drug-likeness (QED) is 0.167. The molecule has 2 saturated heterocycles. The first-order chi connectivity index (χ1) is 22.6. The summed E-state index contributed by atoms with van der Waals surface area (Å²) in [6.45, 7) is 7.47. The first-order valence-electron chi connectivity index (χ1n) is 16.0. The highest BCUT2D eigenvalue weighted by Crippen LogP contribution is 2.40. The normalized spacial score (nSPS) is 20.6. The van der Waals surface area contributed by atoms with Crippen molar-refractivity contribution in [3.8, 4) is 16.5 Å². The average Bonchev–Trinajstić information content (AvgIpc) is 3.73. The van der Waals surface area contributed by atoms with Crippen molar-refractivity contribution in [3.63, 3.8) is 0 Å². The molecular weight excluding hydrogens is 651 g/mol. The van der Waals surface area contributed by atoms with Gasteiger partial charge < -0.3 is 23.4 Å². The van der Waals surface area contributed by atoms with Crippen LogP contribution in [0.1, 0.15) is 77.5 Å². The van der Waals surface area contributed by atoms with Gasteiger partial charge in [0.15, 0.2) is 0 Å². The van der Waals surface area contributed by atoms with Gasteiger partial charge in [0.2, 0.25) is 5.89 Å². The standard InChI is InChI=1S/C34H40F3N3O7S/c1-18-26-29(41)40(34(5,6)17-44-33(2,3)4)32(42)39(30(26)48-27(18)28-38-11-12-43-28)16-25(46-22-14-20-8-9-21(15-22)45-20)23-13-19(35)7-10-24(23)47-31(36)37/h7,10-13,20-22,25,31H,8-9,14-17H2,1-6H3/t20-,21+,22-,25-/m0/s1. The van der Waals surface area contributed by atoms with Crippen molar-refractivity contribution < 1.29 is 36.5 Å². The fraction of sp³-hybridized carbons (Fsp3) is 0.559. The smallest absolute Gasteiger partial charge is 0.387 e. The van der Waals surface area contributed by atoms with Crippen molar-refractivity contribution >= 4 is 21.6 Å². The van der Waals surface area contributed by atoms with E-state index in [-0.39, 0.29) is 54.1 Å². The molecule has 260 valence electrons. The second kappa shape index (κ2) is 13.1. The summed E-state index contributed by atoms with van der Waals surface area (Å²) in [6.07, 6.45) is 4.27. The van der Waals surface area contributed by atoms with Crippen LogP contribution < -0.4 is 16.0 Å². The molecule has 0 saturated carbocycles. The van der Waals surface area contributed by atoms with Gasteiger partial charge in [-0.15, -0.1) is 11.3 Å². The number of aryl methyl sites for hydroxylation is 1. The van der Waals surface area contributed by atoms with Crippen LogP contribution in [0.3, 0.4) is 0 Å². The number of oxazole rings is 1. The summed E-state index contributed by atoms with van der Waals surface area (Å²) in [6, 6.07) is 3.25. The zero-order valence-electron chi connectivity index (χ0n) is 27.8. The molecule has 0 unspecified atom stereocenters. The third-order valence-electron chi connectivity index (χ3n) is 8.79. The number of hydrogen-bond acceptors (Lipinski definition) is 9. The molecule has 0 radical (unpaired) electrons. The minimum atomic E-state index is -3.18. The number of aromatic nitrogens is 3. The molecule has 0 N–H and O–H groups in total. The van der Waals surface area contributed by atoms with E-state index in [1.807, 2.05) is 20.8 Å². The molecule has 4 atom stereocenters. The summed E-state index contributed by atoms with van der Waals surface area (Å²) in [5, 5.41) is 0.266. The van der Waals surface area contributed by atoms with Crippen molar-refractivity contribution in [3.05, 3.63) is 68.4 Å². The second-order valence-electron chi connectivity index (χ2n) is 14.1. The van der Waals surface area contributed by atoms with Crippen molar-refractivity contribution in [1.82, 2.24) is 14.1 Å². The Balaban J connectivity index is 1.55. The molecule has 2 aliphatic rings. The topological polar surface area (TPSA) is 107 Å². The molecule has 10 nitrogen and oxygen atoms in total. The van der Waals surface area contributed by atoms with Crippen LogP contribution >= 0.6 is 11.3 Å². The van der Waals surface area contributed by atoms with Gasteiger partial charge in [0.05, 0.1) is 59.1 Å². The molecule has 0 aliphatic carbocycles. The predicted molar refractivity (Wildman–Crippen MR) is 173 cm³/mol. The molecule has 6 rings (SSSR count). The molecule has 0 amide bonds. The maximum atomic E-state index is 14.8. The number of fused-ring (bicyclic) bond motifs is 3. The van der Waals surface area contributed by atoms with Crippen LogP contribution in [0.5, 0.6) is 5.75 Å². The van der Waals surface area contributed by atoms with Gasteiger partial charge in [-0.2, -0.15) is 8.78 Å². The number of alkyl halides is 2. The zero-order chi connectivity index (χ0) is 34.5. The highest BCUT2D eigenvalue weighted by atomic mass is 32.1. The van der Waals surface area contributed by atoms with E-state index in [1.165, 1.54) is 17.0 Å². The summed E-state index contributed by atoms with van der Waals surface area (Å²) >= 11 is 1.15. The van der Waals surface area contributed by atoms with Gasteiger partial charge >= 0.3 is 12.3 Å². The maximum absolute atomic E-state index is 14.8. The number of benzene rings is 1. The lowest BCUT2D eigenvalue weighted by molar-refractivity contribution is -0.110. The molecule has 5 heterocycles. The van der Waals surface area contributed by atoms with Crippen LogP contribution in [0, 0.1) is 12.7 Å². The van der Waals surface area contributed by atoms with Crippen molar-refractivity contribution in [2.75, 3.05) is 6.61 Å². The van der Waals surface area contributed by atoms with E-state index < -0.39 is 40.9 Å². The van der Waals surface area contributed by atoms with Crippen molar-refractivity contribution in [2.45, 2.75) is 116 Å².